The Morgan fingerprint density at radius 1 is 1.22 bits per heavy atom. The van der Waals surface area contributed by atoms with E-state index in [0.29, 0.717) is 11.7 Å². The van der Waals surface area contributed by atoms with Crippen molar-refractivity contribution in [2.75, 3.05) is 5.32 Å². The van der Waals surface area contributed by atoms with E-state index in [4.69, 9.17) is 11.6 Å². The van der Waals surface area contributed by atoms with Crippen LogP contribution in [-0.4, -0.2) is 15.2 Å². The fourth-order valence-electron chi connectivity index (χ4n) is 1.55. The number of hydrogen-bond acceptors (Lipinski definition) is 4. The number of hydrogen-bond donors (Lipinski definition) is 3. The largest absolute Gasteiger partial charge is 0.504 e. The Bertz CT molecular complexity index is 573. The van der Waals surface area contributed by atoms with Gasteiger partial charge in [-0.2, -0.15) is 0 Å². The van der Waals surface area contributed by atoms with Crippen LogP contribution in [0.3, 0.4) is 0 Å². The van der Waals surface area contributed by atoms with Crippen molar-refractivity contribution in [2.24, 2.45) is 0 Å². The van der Waals surface area contributed by atoms with Crippen molar-refractivity contribution in [3.63, 3.8) is 0 Å². The van der Waals surface area contributed by atoms with Crippen LogP contribution in [0, 0.1) is 6.92 Å². The lowest BCUT2D eigenvalue weighted by molar-refractivity contribution is 0.403. The number of rotatable bonds is 3. The molecule has 0 saturated carbocycles. The summed E-state index contributed by atoms with van der Waals surface area (Å²) in [4.78, 5) is 4.04. The van der Waals surface area contributed by atoms with E-state index in [2.05, 4.69) is 10.3 Å². The SMILES string of the molecule is Cc1cnc(Cl)c(NCc2ccc(O)c(O)c2)c1. The zero-order chi connectivity index (χ0) is 13.1. The average Bonchev–Trinajstić information content (AvgIpc) is 2.34. The molecule has 0 aliphatic carbocycles. The van der Waals surface area contributed by atoms with Crippen LogP contribution < -0.4 is 5.32 Å². The summed E-state index contributed by atoms with van der Waals surface area (Å²) in [6.07, 6.45) is 1.69. The van der Waals surface area contributed by atoms with Gasteiger partial charge in [0.15, 0.2) is 16.7 Å². The minimum atomic E-state index is -0.136. The first-order valence-corrected chi connectivity index (χ1v) is 5.81. The number of nitrogens with zero attached hydrogens (tertiary/aromatic N) is 1. The summed E-state index contributed by atoms with van der Waals surface area (Å²) < 4.78 is 0. The molecule has 3 N–H and O–H groups in total. The molecular weight excluding hydrogens is 252 g/mol. The molecule has 0 aliphatic heterocycles. The van der Waals surface area contributed by atoms with Gasteiger partial charge in [0.2, 0.25) is 0 Å². The molecule has 4 nitrogen and oxygen atoms in total. The molecule has 0 bridgehead atoms. The van der Waals surface area contributed by atoms with Crippen molar-refractivity contribution in [3.8, 4) is 11.5 Å². The van der Waals surface area contributed by atoms with E-state index in [1.54, 1.807) is 12.3 Å². The van der Waals surface area contributed by atoms with Gasteiger partial charge in [0.25, 0.3) is 0 Å². The predicted molar refractivity (Wildman–Crippen MR) is 71.1 cm³/mol. The lowest BCUT2D eigenvalue weighted by Gasteiger charge is -2.09. The molecule has 0 spiro atoms. The highest BCUT2D eigenvalue weighted by Crippen LogP contribution is 2.26. The minimum absolute atomic E-state index is 0.131. The molecule has 1 aromatic heterocycles. The number of anilines is 1. The molecule has 0 aliphatic rings. The number of aryl methyl sites for hydroxylation is 1. The highest BCUT2D eigenvalue weighted by molar-refractivity contribution is 6.31. The van der Waals surface area contributed by atoms with Crippen LogP contribution in [0.25, 0.3) is 0 Å². The number of aromatic nitrogens is 1. The molecular formula is C13H13ClN2O2. The van der Waals surface area contributed by atoms with Crippen molar-refractivity contribution < 1.29 is 10.2 Å². The fourth-order valence-corrected chi connectivity index (χ4v) is 1.72. The van der Waals surface area contributed by atoms with Crippen LogP contribution in [-0.2, 0) is 6.54 Å². The first-order valence-electron chi connectivity index (χ1n) is 5.43. The fraction of sp³-hybridized carbons (Fsp3) is 0.154. The Labute approximate surface area is 110 Å². The van der Waals surface area contributed by atoms with Gasteiger partial charge in [-0.05, 0) is 36.2 Å². The van der Waals surface area contributed by atoms with Gasteiger partial charge < -0.3 is 15.5 Å². The summed E-state index contributed by atoms with van der Waals surface area (Å²) >= 11 is 5.96. The maximum atomic E-state index is 9.38. The number of pyridine rings is 1. The van der Waals surface area contributed by atoms with Gasteiger partial charge in [0, 0.05) is 12.7 Å². The number of aromatic hydroxyl groups is 2. The van der Waals surface area contributed by atoms with Gasteiger partial charge in [-0.15, -0.1) is 0 Å². The number of halogens is 1. The molecule has 0 atom stereocenters. The van der Waals surface area contributed by atoms with Gasteiger partial charge in [-0.1, -0.05) is 17.7 Å². The number of benzene rings is 1. The summed E-state index contributed by atoms with van der Waals surface area (Å²) in [5.41, 5.74) is 2.59. The Balaban J connectivity index is 2.11. The van der Waals surface area contributed by atoms with E-state index in [9.17, 15) is 10.2 Å². The van der Waals surface area contributed by atoms with Crippen molar-refractivity contribution in [2.45, 2.75) is 13.5 Å². The first kappa shape index (κ1) is 12.5. The predicted octanol–water partition coefficient (Wildman–Crippen LogP) is 3.07. The second-order valence-corrected chi connectivity index (χ2v) is 4.39. The summed E-state index contributed by atoms with van der Waals surface area (Å²) in [6.45, 7) is 2.42. The highest BCUT2D eigenvalue weighted by Gasteiger charge is 2.04. The molecule has 1 heterocycles. The molecule has 2 aromatic rings. The Morgan fingerprint density at radius 2 is 2.00 bits per heavy atom. The Hall–Kier alpha value is -1.94. The molecule has 0 saturated heterocycles. The monoisotopic (exact) mass is 264 g/mol. The highest BCUT2D eigenvalue weighted by atomic mass is 35.5. The zero-order valence-electron chi connectivity index (χ0n) is 9.81. The van der Waals surface area contributed by atoms with Crippen LogP contribution in [0.2, 0.25) is 5.15 Å². The van der Waals surface area contributed by atoms with Gasteiger partial charge in [0.1, 0.15) is 0 Å². The van der Waals surface area contributed by atoms with Crippen molar-refractivity contribution >= 4 is 17.3 Å². The Morgan fingerprint density at radius 3 is 2.72 bits per heavy atom. The van der Waals surface area contributed by atoms with Crippen LogP contribution in [0.4, 0.5) is 5.69 Å². The van der Waals surface area contributed by atoms with Gasteiger partial charge >= 0.3 is 0 Å². The minimum Gasteiger partial charge on any atom is -0.504 e. The standard InChI is InChI=1S/C13H13ClN2O2/c1-8-4-10(13(14)16-6-8)15-7-9-2-3-11(17)12(18)5-9/h2-6,15,17-18H,7H2,1H3. The smallest absolute Gasteiger partial charge is 0.157 e. The molecule has 94 valence electrons. The van der Waals surface area contributed by atoms with Crippen molar-refractivity contribution in [1.82, 2.24) is 4.98 Å². The Kier molecular flexibility index (Phi) is 3.58. The average molecular weight is 265 g/mol. The van der Waals surface area contributed by atoms with Crippen molar-refractivity contribution in [3.05, 3.63) is 46.7 Å². The van der Waals surface area contributed by atoms with Crippen LogP contribution in [0.15, 0.2) is 30.5 Å². The van der Waals surface area contributed by atoms with E-state index in [0.717, 1.165) is 16.8 Å². The lowest BCUT2D eigenvalue weighted by atomic mass is 10.2. The van der Waals surface area contributed by atoms with Crippen LogP contribution in [0.5, 0.6) is 11.5 Å². The summed E-state index contributed by atoms with van der Waals surface area (Å²) in [5.74, 6) is -0.267. The molecule has 18 heavy (non-hydrogen) atoms. The topological polar surface area (TPSA) is 65.4 Å². The third-order valence-corrected chi connectivity index (χ3v) is 2.80. The quantitative estimate of drug-likeness (QED) is 0.589. The third-order valence-electron chi connectivity index (χ3n) is 2.50. The van der Waals surface area contributed by atoms with Crippen LogP contribution in [0.1, 0.15) is 11.1 Å². The van der Waals surface area contributed by atoms with E-state index in [1.807, 2.05) is 13.0 Å². The molecule has 1 aromatic carbocycles. The second kappa shape index (κ2) is 5.14. The normalized spacial score (nSPS) is 10.3. The number of nitrogens with one attached hydrogen (secondary N) is 1. The number of phenolic OH excluding ortho intramolecular Hbond substituents is 2. The number of phenols is 2. The maximum absolute atomic E-state index is 9.38. The van der Waals surface area contributed by atoms with Crippen LogP contribution >= 0.6 is 11.6 Å². The molecule has 0 radical (unpaired) electrons. The maximum Gasteiger partial charge on any atom is 0.157 e. The van der Waals surface area contributed by atoms with E-state index < -0.39 is 0 Å². The van der Waals surface area contributed by atoms with E-state index >= 15 is 0 Å². The van der Waals surface area contributed by atoms with Gasteiger partial charge in [-0.25, -0.2) is 4.98 Å². The van der Waals surface area contributed by atoms with Crippen molar-refractivity contribution in [1.29, 1.82) is 0 Å². The summed E-state index contributed by atoms with van der Waals surface area (Å²) in [6, 6.07) is 6.57. The van der Waals surface area contributed by atoms with E-state index in [-0.39, 0.29) is 11.5 Å². The van der Waals surface area contributed by atoms with E-state index in [1.165, 1.54) is 12.1 Å². The second-order valence-electron chi connectivity index (χ2n) is 4.03. The molecule has 0 unspecified atom stereocenters. The third kappa shape index (κ3) is 2.84. The first-order chi connectivity index (χ1) is 8.56. The molecule has 0 fully saturated rings. The van der Waals surface area contributed by atoms with Gasteiger partial charge in [0.05, 0.1) is 5.69 Å². The zero-order valence-corrected chi connectivity index (χ0v) is 10.6. The molecule has 2 rings (SSSR count). The summed E-state index contributed by atoms with van der Waals surface area (Å²) in [7, 11) is 0. The lowest BCUT2D eigenvalue weighted by Crippen LogP contribution is -2.01. The molecule has 5 heteroatoms. The molecule has 0 amide bonds. The summed E-state index contributed by atoms with van der Waals surface area (Å²) in [5, 5.41) is 22.1. The van der Waals surface area contributed by atoms with Gasteiger partial charge in [-0.3, -0.25) is 0 Å².